The molecule has 0 atom stereocenters. The molecule has 0 aliphatic carbocycles. The third-order valence-electron chi connectivity index (χ3n) is 3.50. The van der Waals surface area contributed by atoms with Gasteiger partial charge in [-0.2, -0.15) is 0 Å². The van der Waals surface area contributed by atoms with Crippen molar-refractivity contribution in [1.82, 2.24) is 20.2 Å². The fourth-order valence-electron chi connectivity index (χ4n) is 2.22. The zero-order valence-electron chi connectivity index (χ0n) is 13.5. The van der Waals surface area contributed by atoms with Gasteiger partial charge in [0.05, 0.1) is 19.7 Å². The Hall–Kier alpha value is -2.18. The molecular weight excluding hydrogens is 292 g/mol. The minimum absolute atomic E-state index is 0.0429. The Morgan fingerprint density at radius 1 is 1.30 bits per heavy atom. The summed E-state index contributed by atoms with van der Waals surface area (Å²) in [6.07, 6.45) is 4.65. The van der Waals surface area contributed by atoms with Crippen molar-refractivity contribution in [3.8, 4) is 0 Å². The molecule has 6 heteroatoms. The third-order valence-corrected chi connectivity index (χ3v) is 3.50. The molecule has 23 heavy (non-hydrogen) atoms. The minimum atomic E-state index is -0.0429. The monoisotopic (exact) mass is 316 g/mol. The average molecular weight is 316 g/mol. The Kier molecular flexibility index (Phi) is 7.29. The molecule has 0 aliphatic rings. The predicted octanol–water partition coefficient (Wildman–Crippen LogP) is 0.978. The Morgan fingerprint density at radius 3 is 2.91 bits per heavy atom. The van der Waals surface area contributed by atoms with Gasteiger partial charge in [0.2, 0.25) is 5.91 Å². The van der Waals surface area contributed by atoms with Crippen molar-refractivity contribution in [1.29, 1.82) is 0 Å². The van der Waals surface area contributed by atoms with Crippen LogP contribution in [0, 0.1) is 0 Å². The van der Waals surface area contributed by atoms with Gasteiger partial charge < -0.3 is 19.9 Å². The number of nitrogens with zero attached hydrogens (tertiary/aromatic N) is 2. The van der Waals surface area contributed by atoms with Crippen LogP contribution < -0.4 is 10.6 Å². The van der Waals surface area contributed by atoms with Gasteiger partial charge in [-0.05, 0) is 12.0 Å². The zero-order valence-corrected chi connectivity index (χ0v) is 13.5. The SMILES string of the molecule is COCCNCC(=O)NCc1nccn1CCc1ccccc1. The van der Waals surface area contributed by atoms with E-state index in [1.165, 1.54) is 5.56 Å². The van der Waals surface area contributed by atoms with Gasteiger partial charge in [0, 0.05) is 32.6 Å². The van der Waals surface area contributed by atoms with E-state index in [0.29, 0.717) is 19.7 Å². The van der Waals surface area contributed by atoms with Gasteiger partial charge in [-0.25, -0.2) is 4.98 Å². The molecule has 6 nitrogen and oxygen atoms in total. The molecule has 0 saturated carbocycles. The number of hydrogen-bond acceptors (Lipinski definition) is 4. The highest BCUT2D eigenvalue weighted by atomic mass is 16.5. The summed E-state index contributed by atoms with van der Waals surface area (Å²) in [6.45, 7) is 2.83. The van der Waals surface area contributed by atoms with Crippen molar-refractivity contribution in [3.05, 3.63) is 54.1 Å². The lowest BCUT2D eigenvalue weighted by Crippen LogP contribution is -2.35. The summed E-state index contributed by atoms with van der Waals surface area (Å²) in [7, 11) is 1.64. The maximum Gasteiger partial charge on any atom is 0.234 e. The van der Waals surface area contributed by atoms with Crippen molar-refractivity contribution in [3.63, 3.8) is 0 Å². The van der Waals surface area contributed by atoms with Crippen molar-refractivity contribution in [2.24, 2.45) is 0 Å². The summed E-state index contributed by atoms with van der Waals surface area (Å²) in [5.41, 5.74) is 1.29. The van der Waals surface area contributed by atoms with E-state index >= 15 is 0 Å². The molecule has 0 fully saturated rings. The predicted molar refractivity (Wildman–Crippen MR) is 89.0 cm³/mol. The smallest absolute Gasteiger partial charge is 0.234 e. The van der Waals surface area contributed by atoms with Crippen LogP contribution in [0.1, 0.15) is 11.4 Å². The van der Waals surface area contributed by atoms with Crippen LogP contribution in [0.15, 0.2) is 42.7 Å². The molecule has 0 spiro atoms. The van der Waals surface area contributed by atoms with Crippen LogP contribution in [0.4, 0.5) is 0 Å². The maximum absolute atomic E-state index is 11.7. The summed E-state index contributed by atoms with van der Waals surface area (Å²) < 4.78 is 6.99. The number of carbonyl (C=O) groups is 1. The van der Waals surface area contributed by atoms with Crippen molar-refractivity contribution in [2.45, 2.75) is 19.5 Å². The average Bonchev–Trinajstić information content (AvgIpc) is 3.03. The van der Waals surface area contributed by atoms with Gasteiger partial charge in [-0.15, -0.1) is 0 Å². The first kappa shape index (κ1) is 17.2. The van der Waals surface area contributed by atoms with Gasteiger partial charge in [0.15, 0.2) is 0 Å². The Morgan fingerprint density at radius 2 is 2.13 bits per heavy atom. The number of ether oxygens (including phenoxy) is 1. The summed E-state index contributed by atoms with van der Waals surface area (Å²) in [4.78, 5) is 16.1. The minimum Gasteiger partial charge on any atom is -0.383 e. The molecule has 2 rings (SSSR count). The highest BCUT2D eigenvalue weighted by molar-refractivity contribution is 5.77. The molecule has 124 valence electrons. The Bertz CT molecular complexity index is 583. The normalized spacial score (nSPS) is 10.7. The molecule has 0 radical (unpaired) electrons. The summed E-state index contributed by atoms with van der Waals surface area (Å²) in [5.74, 6) is 0.824. The van der Waals surface area contributed by atoms with Gasteiger partial charge in [-0.1, -0.05) is 30.3 Å². The second-order valence-electron chi connectivity index (χ2n) is 5.22. The molecule has 0 bridgehead atoms. The van der Waals surface area contributed by atoms with Crippen LogP contribution in [-0.2, 0) is 29.0 Å². The van der Waals surface area contributed by atoms with Crippen molar-refractivity contribution >= 4 is 5.91 Å². The molecule has 2 aromatic rings. The third kappa shape index (κ3) is 6.22. The first-order valence-corrected chi connectivity index (χ1v) is 7.80. The molecule has 1 aromatic heterocycles. The molecular formula is C17H24N4O2. The first-order chi connectivity index (χ1) is 11.3. The molecule has 1 aromatic carbocycles. The van der Waals surface area contributed by atoms with E-state index in [4.69, 9.17) is 4.74 Å². The Labute approximate surface area is 136 Å². The number of methoxy groups -OCH3 is 1. The van der Waals surface area contributed by atoms with E-state index in [9.17, 15) is 4.79 Å². The highest BCUT2D eigenvalue weighted by Gasteiger charge is 2.06. The van der Waals surface area contributed by atoms with Gasteiger partial charge >= 0.3 is 0 Å². The van der Waals surface area contributed by atoms with E-state index in [1.807, 2.05) is 24.4 Å². The quantitative estimate of drug-likeness (QED) is 0.641. The number of imidazole rings is 1. The number of hydrogen-bond donors (Lipinski definition) is 2. The summed E-state index contributed by atoms with van der Waals surface area (Å²) in [5, 5.41) is 5.89. The lowest BCUT2D eigenvalue weighted by molar-refractivity contribution is -0.120. The molecule has 0 saturated heterocycles. The zero-order chi connectivity index (χ0) is 16.3. The van der Waals surface area contributed by atoms with E-state index < -0.39 is 0 Å². The van der Waals surface area contributed by atoms with Crippen molar-refractivity contribution < 1.29 is 9.53 Å². The number of aryl methyl sites for hydroxylation is 2. The number of rotatable bonds is 10. The van der Waals surface area contributed by atoms with Crippen LogP contribution in [-0.4, -0.2) is 42.3 Å². The standard InChI is InChI=1S/C17H24N4O2/c1-23-12-9-18-14-17(22)20-13-16-19-8-11-21(16)10-7-15-5-3-2-4-6-15/h2-6,8,11,18H,7,9-10,12-14H2,1H3,(H,20,22). The van der Waals surface area contributed by atoms with Crippen LogP contribution in [0.2, 0.25) is 0 Å². The highest BCUT2D eigenvalue weighted by Crippen LogP contribution is 2.04. The van der Waals surface area contributed by atoms with Crippen molar-refractivity contribution in [2.75, 3.05) is 26.8 Å². The summed E-state index contributed by atoms with van der Waals surface area (Å²) >= 11 is 0. The van der Waals surface area contributed by atoms with Crippen LogP contribution in [0.3, 0.4) is 0 Å². The molecule has 0 aliphatic heterocycles. The second kappa shape index (κ2) is 9.76. The molecule has 1 heterocycles. The maximum atomic E-state index is 11.7. The van der Waals surface area contributed by atoms with E-state index in [1.54, 1.807) is 13.3 Å². The fraction of sp³-hybridized carbons (Fsp3) is 0.412. The van der Waals surface area contributed by atoms with E-state index in [2.05, 4.69) is 32.3 Å². The number of amides is 1. The first-order valence-electron chi connectivity index (χ1n) is 7.80. The lowest BCUT2D eigenvalue weighted by atomic mass is 10.1. The van der Waals surface area contributed by atoms with Gasteiger partial charge in [0.25, 0.3) is 0 Å². The van der Waals surface area contributed by atoms with Crippen LogP contribution >= 0.6 is 0 Å². The van der Waals surface area contributed by atoms with Gasteiger partial charge in [-0.3, -0.25) is 4.79 Å². The molecule has 2 N–H and O–H groups in total. The number of aromatic nitrogens is 2. The lowest BCUT2D eigenvalue weighted by Gasteiger charge is -2.09. The number of carbonyl (C=O) groups excluding carboxylic acids is 1. The topological polar surface area (TPSA) is 68.2 Å². The fourth-order valence-corrected chi connectivity index (χ4v) is 2.22. The number of benzene rings is 1. The van der Waals surface area contributed by atoms with Crippen LogP contribution in [0.25, 0.3) is 0 Å². The second-order valence-corrected chi connectivity index (χ2v) is 5.22. The molecule has 1 amide bonds. The largest absolute Gasteiger partial charge is 0.383 e. The molecule has 0 unspecified atom stereocenters. The summed E-state index contributed by atoms with van der Waals surface area (Å²) in [6, 6.07) is 10.3. The van der Waals surface area contributed by atoms with Gasteiger partial charge in [0.1, 0.15) is 5.82 Å². The van der Waals surface area contributed by atoms with E-state index in [-0.39, 0.29) is 12.5 Å². The Balaban J connectivity index is 1.74. The number of nitrogens with one attached hydrogen (secondary N) is 2. The van der Waals surface area contributed by atoms with Crippen LogP contribution in [0.5, 0.6) is 0 Å². The van der Waals surface area contributed by atoms with E-state index in [0.717, 1.165) is 18.8 Å².